The first-order chi connectivity index (χ1) is 24.4. The predicted octanol–water partition coefficient (Wildman–Crippen LogP) is 8.21. The van der Waals surface area contributed by atoms with Crippen LogP contribution in [0.1, 0.15) is 108 Å². The molecular formula is C41H54N4O5S. The van der Waals surface area contributed by atoms with Gasteiger partial charge in [0.25, 0.3) is 0 Å². The van der Waals surface area contributed by atoms with Crippen LogP contribution in [-0.4, -0.2) is 70.9 Å². The molecule has 4 aliphatic carbocycles. The number of hydrogen-bond acceptors (Lipinski definition) is 8. The lowest BCUT2D eigenvalue weighted by molar-refractivity contribution is -0.124. The Morgan fingerprint density at radius 2 is 1.73 bits per heavy atom. The summed E-state index contributed by atoms with van der Waals surface area (Å²) in [6, 6.07) is 10.7. The summed E-state index contributed by atoms with van der Waals surface area (Å²) in [5.41, 5.74) is 3.84. The number of ether oxygens (including phenoxy) is 2. The van der Waals surface area contributed by atoms with E-state index in [9.17, 15) is 14.7 Å². The molecule has 4 saturated carbocycles. The van der Waals surface area contributed by atoms with Gasteiger partial charge in [0.2, 0.25) is 5.91 Å². The van der Waals surface area contributed by atoms with Crippen LogP contribution in [0.2, 0.25) is 0 Å². The zero-order valence-corrected chi connectivity index (χ0v) is 31.8. The van der Waals surface area contributed by atoms with Gasteiger partial charge in [-0.1, -0.05) is 32.9 Å². The van der Waals surface area contributed by atoms with Crippen LogP contribution in [0.25, 0.3) is 10.4 Å². The van der Waals surface area contributed by atoms with Gasteiger partial charge in [0.1, 0.15) is 17.7 Å². The molecule has 3 heterocycles. The van der Waals surface area contributed by atoms with Crippen LogP contribution in [0, 0.1) is 18.3 Å². The van der Waals surface area contributed by atoms with Crippen molar-refractivity contribution in [3.05, 3.63) is 58.9 Å². The van der Waals surface area contributed by atoms with E-state index in [0.29, 0.717) is 44.6 Å². The second-order valence-electron chi connectivity index (χ2n) is 16.7. The molecule has 2 amide bonds. The predicted molar refractivity (Wildman–Crippen MR) is 200 cm³/mol. The van der Waals surface area contributed by atoms with Crippen molar-refractivity contribution in [2.75, 3.05) is 31.7 Å². The maximum Gasteiger partial charge on any atom is 0.410 e. The number of aromatic nitrogens is 2. The number of aryl methyl sites for hydroxylation is 1. The quantitative estimate of drug-likeness (QED) is 0.238. The molecule has 51 heavy (non-hydrogen) atoms. The van der Waals surface area contributed by atoms with Crippen molar-refractivity contribution in [3.8, 4) is 16.2 Å². The second-order valence-corrected chi connectivity index (χ2v) is 17.8. The molecule has 5 aliphatic rings. The molecular weight excluding hydrogens is 661 g/mol. The first-order valence-corrected chi connectivity index (χ1v) is 19.7. The van der Waals surface area contributed by atoms with E-state index in [4.69, 9.17) is 19.4 Å². The Labute approximate surface area is 306 Å². The molecule has 1 aliphatic heterocycles. The Morgan fingerprint density at radius 1 is 1.00 bits per heavy atom. The Morgan fingerprint density at radius 3 is 2.31 bits per heavy atom. The standard InChI is InChI=1S/C41H54N4O5S/c1-27-22-30(8-11-33(27)49-5)41-17-14-40(15-18-41,16-19-41)26-45(35-23-29(12-20-42-35)34-24-43-37(51-34)39(2,3)4)36(47)28-6-9-32(10-7-28)50-38(48)44-21-13-31(44)25-46/h8,11-12,20,22-24,28,31-32,46H,6-7,9-10,13-19,21,25-26H2,1-5H3/t28-,31-,32-,40?,41?/m0/s1. The molecule has 9 nitrogen and oxygen atoms in total. The molecule has 2 aromatic heterocycles. The molecule has 5 fully saturated rings. The fourth-order valence-electron chi connectivity index (χ4n) is 8.95. The number of likely N-dealkylation sites (tertiary alicyclic amines) is 1. The molecule has 2 bridgehead atoms. The molecule has 1 atom stereocenters. The topological polar surface area (TPSA) is 105 Å². The van der Waals surface area contributed by atoms with Crippen LogP contribution in [0.3, 0.4) is 0 Å². The van der Waals surface area contributed by atoms with Gasteiger partial charge in [-0.3, -0.25) is 9.69 Å². The first kappa shape index (κ1) is 35.9. The van der Waals surface area contributed by atoms with Crippen molar-refractivity contribution in [3.63, 3.8) is 0 Å². The highest BCUT2D eigenvalue weighted by Crippen LogP contribution is 2.58. The minimum atomic E-state index is -0.343. The highest BCUT2D eigenvalue weighted by atomic mass is 32.1. The van der Waals surface area contributed by atoms with E-state index in [-0.39, 0.29) is 52.9 Å². The lowest BCUT2D eigenvalue weighted by atomic mass is 9.51. The van der Waals surface area contributed by atoms with Crippen molar-refractivity contribution >= 4 is 29.2 Å². The third-order valence-electron chi connectivity index (χ3n) is 12.5. The van der Waals surface area contributed by atoms with Crippen molar-refractivity contribution in [2.45, 2.75) is 121 Å². The van der Waals surface area contributed by atoms with Gasteiger partial charge in [-0.25, -0.2) is 14.8 Å². The lowest BCUT2D eigenvalue weighted by Crippen LogP contribution is -2.54. The Balaban J connectivity index is 1.10. The van der Waals surface area contributed by atoms with Gasteiger partial charge >= 0.3 is 6.09 Å². The van der Waals surface area contributed by atoms with Crippen LogP contribution < -0.4 is 9.64 Å². The maximum atomic E-state index is 14.7. The summed E-state index contributed by atoms with van der Waals surface area (Å²) < 4.78 is 11.4. The number of pyridine rings is 1. The van der Waals surface area contributed by atoms with Crippen LogP contribution in [-0.2, 0) is 20.4 Å². The number of aliphatic hydroxyl groups excluding tert-OH is 1. The van der Waals surface area contributed by atoms with E-state index in [1.807, 2.05) is 23.4 Å². The Bertz CT molecular complexity index is 1710. The number of nitrogens with zero attached hydrogens (tertiary/aromatic N) is 4. The molecule has 1 N–H and O–H groups in total. The smallest absolute Gasteiger partial charge is 0.410 e. The highest BCUT2D eigenvalue weighted by molar-refractivity contribution is 7.15. The number of amides is 2. The van der Waals surface area contributed by atoms with Crippen molar-refractivity contribution < 1.29 is 24.2 Å². The first-order valence-electron chi connectivity index (χ1n) is 18.9. The Kier molecular flexibility index (Phi) is 9.95. The minimum Gasteiger partial charge on any atom is -0.496 e. The zero-order valence-electron chi connectivity index (χ0n) is 31.0. The number of carbonyl (C=O) groups excluding carboxylic acids is 2. The fourth-order valence-corrected chi connectivity index (χ4v) is 9.92. The summed E-state index contributed by atoms with van der Waals surface area (Å²) in [7, 11) is 1.73. The molecule has 0 spiro atoms. The van der Waals surface area contributed by atoms with Gasteiger partial charge in [-0.2, -0.15) is 0 Å². The number of thiazole rings is 1. The lowest BCUT2D eigenvalue weighted by Gasteiger charge is -2.55. The molecule has 1 saturated heterocycles. The van der Waals surface area contributed by atoms with Gasteiger partial charge in [-0.15, -0.1) is 11.3 Å². The SMILES string of the molecule is COc1ccc(C23CCC(CN(c4cc(-c5cnc(C(C)(C)C)s5)ccn4)C(=O)[C@H]4CC[C@H](OC(=O)N5CC[C@H]5CO)CC4)(CC2)CC3)cc1C. The summed E-state index contributed by atoms with van der Waals surface area (Å²) in [5, 5.41) is 10.6. The summed E-state index contributed by atoms with van der Waals surface area (Å²) in [6.07, 6.45) is 13.3. The van der Waals surface area contributed by atoms with Crippen molar-refractivity contribution in [1.82, 2.24) is 14.9 Å². The van der Waals surface area contributed by atoms with E-state index in [1.54, 1.807) is 23.3 Å². The third-order valence-corrected chi connectivity index (χ3v) is 14.0. The van der Waals surface area contributed by atoms with Gasteiger partial charge in [-0.05, 0) is 123 Å². The summed E-state index contributed by atoms with van der Waals surface area (Å²) >= 11 is 1.70. The highest BCUT2D eigenvalue weighted by Gasteiger charge is 2.51. The normalized spacial score (nSPS) is 27.5. The number of rotatable bonds is 9. The number of hydrogen-bond donors (Lipinski definition) is 1. The van der Waals surface area contributed by atoms with Crippen LogP contribution in [0.15, 0.2) is 42.7 Å². The summed E-state index contributed by atoms with van der Waals surface area (Å²) in [6.45, 7) is 9.93. The van der Waals surface area contributed by atoms with Crippen LogP contribution in [0.4, 0.5) is 10.6 Å². The summed E-state index contributed by atoms with van der Waals surface area (Å²) in [5.74, 6) is 1.63. The minimum absolute atomic E-state index is 0.0359. The number of benzene rings is 1. The monoisotopic (exact) mass is 714 g/mol. The van der Waals surface area contributed by atoms with E-state index in [0.717, 1.165) is 66.1 Å². The molecule has 8 rings (SSSR count). The van der Waals surface area contributed by atoms with Gasteiger partial charge < -0.3 is 19.5 Å². The van der Waals surface area contributed by atoms with Gasteiger partial charge in [0.15, 0.2) is 0 Å². The van der Waals surface area contributed by atoms with Crippen molar-refractivity contribution in [1.29, 1.82) is 0 Å². The number of methoxy groups -OCH3 is 1. The average molecular weight is 715 g/mol. The summed E-state index contributed by atoms with van der Waals surface area (Å²) in [4.78, 5) is 41.7. The van der Waals surface area contributed by atoms with Gasteiger partial charge in [0, 0.05) is 36.8 Å². The molecule has 1 aromatic carbocycles. The van der Waals surface area contributed by atoms with Crippen molar-refractivity contribution in [2.24, 2.45) is 11.3 Å². The number of carbonyl (C=O) groups is 2. The van der Waals surface area contributed by atoms with E-state index < -0.39 is 0 Å². The number of fused-ring (bicyclic) bond motifs is 3. The third kappa shape index (κ3) is 7.15. The number of aliphatic hydroxyl groups is 1. The molecule has 0 radical (unpaired) electrons. The van der Waals surface area contributed by atoms with E-state index in [2.05, 4.69) is 52.0 Å². The molecule has 10 heteroatoms. The average Bonchev–Trinajstić information content (AvgIpc) is 3.63. The van der Waals surface area contributed by atoms with E-state index >= 15 is 0 Å². The zero-order chi connectivity index (χ0) is 36.0. The van der Waals surface area contributed by atoms with E-state index in [1.165, 1.54) is 11.1 Å². The largest absolute Gasteiger partial charge is 0.496 e. The molecule has 3 aromatic rings. The maximum absolute atomic E-state index is 14.7. The molecule has 274 valence electrons. The Hall–Kier alpha value is -3.50. The number of anilines is 1. The molecule has 0 unspecified atom stereocenters. The fraction of sp³-hybridized carbons (Fsp3) is 0.610. The second kappa shape index (κ2) is 14.1. The van der Waals surface area contributed by atoms with Gasteiger partial charge in [0.05, 0.1) is 29.6 Å². The van der Waals surface area contributed by atoms with Crippen LogP contribution >= 0.6 is 11.3 Å². The van der Waals surface area contributed by atoms with Crippen LogP contribution in [0.5, 0.6) is 5.75 Å².